The molecular weight excluding hydrogens is 302 g/mol. The molecule has 0 fully saturated rings. The van der Waals surface area contributed by atoms with Gasteiger partial charge in [-0.05, 0) is 18.5 Å². The minimum absolute atomic E-state index is 0.135. The van der Waals surface area contributed by atoms with Gasteiger partial charge in [0.2, 0.25) is 10.0 Å². The molecule has 9 heteroatoms. The Kier molecular flexibility index (Phi) is 6.53. The summed E-state index contributed by atoms with van der Waals surface area (Å²) in [5, 5.41) is 15.6. The van der Waals surface area contributed by atoms with Gasteiger partial charge in [0.15, 0.2) is 0 Å². The van der Waals surface area contributed by atoms with E-state index in [1.54, 1.807) is 18.4 Å². The molecule has 0 unspecified atom stereocenters. The van der Waals surface area contributed by atoms with E-state index in [2.05, 4.69) is 5.32 Å². The lowest BCUT2D eigenvalue weighted by molar-refractivity contribution is -0.380. The highest BCUT2D eigenvalue weighted by Gasteiger charge is 2.13. The highest BCUT2D eigenvalue weighted by molar-refractivity contribution is 7.88. The first-order chi connectivity index (χ1) is 9.34. The van der Waals surface area contributed by atoms with E-state index < -0.39 is 14.9 Å². The van der Waals surface area contributed by atoms with Crippen LogP contribution in [0.3, 0.4) is 0 Å². The number of nitrogens with zero attached hydrogens (tertiary/aromatic N) is 2. The molecule has 114 valence electrons. The van der Waals surface area contributed by atoms with E-state index in [0.29, 0.717) is 32.6 Å². The Labute approximate surface area is 122 Å². The number of nitro groups is 1. The third-order valence-corrected chi connectivity index (χ3v) is 5.04. The van der Waals surface area contributed by atoms with Crippen LogP contribution in [0.4, 0.5) is 5.00 Å². The summed E-state index contributed by atoms with van der Waals surface area (Å²) in [5.74, 6) is 0. The lowest BCUT2D eigenvalue weighted by Gasteiger charge is -2.17. The zero-order valence-electron chi connectivity index (χ0n) is 11.5. The van der Waals surface area contributed by atoms with Crippen molar-refractivity contribution in [3.63, 3.8) is 0 Å². The van der Waals surface area contributed by atoms with Gasteiger partial charge in [0.1, 0.15) is 0 Å². The Morgan fingerprint density at radius 2 is 2.20 bits per heavy atom. The molecule has 1 rings (SSSR count). The van der Waals surface area contributed by atoms with Gasteiger partial charge in [-0.3, -0.25) is 10.1 Å². The Morgan fingerprint density at radius 1 is 1.50 bits per heavy atom. The molecule has 20 heavy (non-hydrogen) atoms. The average molecular weight is 321 g/mol. The standard InChI is InChI=1S/C11H19N3O4S2/c1-3-13(20(2,17)18)6-4-5-12-8-10-7-11(14(15)16)19-9-10/h7,9,12H,3-6,8H2,1-2H3. The number of sulfonamides is 1. The van der Waals surface area contributed by atoms with Crippen LogP contribution in [0, 0.1) is 10.1 Å². The number of nitrogens with one attached hydrogen (secondary N) is 1. The molecule has 0 radical (unpaired) electrons. The molecule has 0 spiro atoms. The summed E-state index contributed by atoms with van der Waals surface area (Å²) in [5.41, 5.74) is 0.872. The molecule has 1 aromatic heterocycles. The number of thiophene rings is 1. The largest absolute Gasteiger partial charge is 0.324 e. The van der Waals surface area contributed by atoms with Crippen LogP contribution in [0.5, 0.6) is 0 Å². The van der Waals surface area contributed by atoms with E-state index >= 15 is 0 Å². The molecule has 0 atom stereocenters. The molecular formula is C11H19N3O4S2. The van der Waals surface area contributed by atoms with Gasteiger partial charge >= 0.3 is 5.00 Å². The minimum Gasteiger partial charge on any atom is -0.313 e. The minimum atomic E-state index is -3.13. The van der Waals surface area contributed by atoms with E-state index in [1.807, 2.05) is 0 Å². The maximum absolute atomic E-state index is 11.4. The monoisotopic (exact) mass is 321 g/mol. The number of hydrogen-bond acceptors (Lipinski definition) is 6. The third kappa shape index (κ3) is 5.53. The van der Waals surface area contributed by atoms with Crippen molar-refractivity contribution in [2.45, 2.75) is 19.9 Å². The quantitative estimate of drug-likeness (QED) is 0.422. The smallest absolute Gasteiger partial charge is 0.313 e. The Morgan fingerprint density at radius 3 is 2.70 bits per heavy atom. The van der Waals surface area contributed by atoms with Crippen LogP contribution in [0.2, 0.25) is 0 Å². The van der Waals surface area contributed by atoms with E-state index in [0.717, 1.165) is 16.9 Å². The molecule has 0 bridgehead atoms. The first-order valence-electron chi connectivity index (χ1n) is 6.22. The fraction of sp³-hybridized carbons (Fsp3) is 0.636. The molecule has 0 aliphatic carbocycles. The molecule has 0 saturated heterocycles. The van der Waals surface area contributed by atoms with Crippen molar-refractivity contribution in [1.82, 2.24) is 9.62 Å². The van der Waals surface area contributed by atoms with Crippen molar-refractivity contribution in [3.05, 3.63) is 27.1 Å². The second-order valence-corrected chi connectivity index (χ2v) is 7.21. The zero-order chi connectivity index (χ0) is 15.2. The summed E-state index contributed by atoms with van der Waals surface area (Å²) >= 11 is 1.11. The normalized spacial score (nSPS) is 11.9. The van der Waals surface area contributed by atoms with E-state index in [9.17, 15) is 18.5 Å². The van der Waals surface area contributed by atoms with Crippen LogP contribution in [-0.2, 0) is 16.6 Å². The van der Waals surface area contributed by atoms with Crippen LogP contribution in [0.1, 0.15) is 18.9 Å². The molecule has 1 N–H and O–H groups in total. The fourth-order valence-electron chi connectivity index (χ4n) is 1.72. The van der Waals surface area contributed by atoms with Crippen molar-refractivity contribution < 1.29 is 13.3 Å². The maximum atomic E-state index is 11.4. The van der Waals surface area contributed by atoms with E-state index in [4.69, 9.17) is 0 Å². The van der Waals surface area contributed by atoms with E-state index in [1.165, 1.54) is 10.6 Å². The van der Waals surface area contributed by atoms with Crippen LogP contribution >= 0.6 is 11.3 Å². The van der Waals surface area contributed by atoms with Crippen molar-refractivity contribution in [1.29, 1.82) is 0 Å². The maximum Gasteiger partial charge on any atom is 0.324 e. The first-order valence-corrected chi connectivity index (χ1v) is 8.95. The topological polar surface area (TPSA) is 92.5 Å². The lowest BCUT2D eigenvalue weighted by Crippen LogP contribution is -2.32. The molecule has 0 saturated carbocycles. The van der Waals surface area contributed by atoms with Gasteiger partial charge in [0.25, 0.3) is 0 Å². The number of rotatable bonds is 9. The molecule has 7 nitrogen and oxygen atoms in total. The van der Waals surface area contributed by atoms with Crippen LogP contribution in [0.25, 0.3) is 0 Å². The average Bonchev–Trinajstić information content (AvgIpc) is 2.81. The SMILES string of the molecule is CCN(CCCNCc1csc([N+](=O)[O-])c1)S(C)(=O)=O. The number of hydrogen-bond donors (Lipinski definition) is 1. The van der Waals surface area contributed by atoms with Crippen molar-refractivity contribution >= 4 is 26.4 Å². The molecule has 0 aromatic carbocycles. The second kappa shape index (κ2) is 7.67. The zero-order valence-corrected chi connectivity index (χ0v) is 13.2. The molecule has 0 aliphatic heterocycles. The van der Waals surface area contributed by atoms with Gasteiger partial charge in [0.05, 0.1) is 11.2 Å². The van der Waals surface area contributed by atoms with Gasteiger partial charge in [-0.15, -0.1) is 0 Å². The van der Waals surface area contributed by atoms with E-state index in [-0.39, 0.29) is 5.00 Å². The highest BCUT2D eigenvalue weighted by Crippen LogP contribution is 2.22. The third-order valence-electron chi connectivity index (χ3n) is 2.73. The summed E-state index contributed by atoms with van der Waals surface area (Å²) in [7, 11) is -3.13. The highest BCUT2D eigenvalue weighted by atomic mass is 32.2. The first kappa shape index (κ1) is 17.0. The summed E-state index contributed by atoms with van der Waals surface area (Å²) < 4.78 is 24.1. The predicted molar refractivity (Wildman–Crippen MR) is 79.4 cm³/mol. The molecule has 0 aliphatic rings. The van der Waals surface area contributed by atoms with Gasteiger partial charge in [-0.25, -0.2) is 12.7 Å². The molecule has 1 heterocycles. The Hall–Kier alpha value is -1.03. The van der Waals surface area contributed by atoms with Crippen molar-refractivity contribution in [2.24, 2.45) is 0 Å². The van der Waals surface area contributed by atoms with Crippen LogP contribution < -0.4 is 5.32 Å². The van der Waals surface area contributed by atoms with Crippen LogP contribution in [0.15, 0.2) is 11.4 Å². The molecule has 1 aromatic rings. The van der Waals surface area contributed by atoms with Gasteiger partial charge in [0, 0.05) is 31.1 Å². The van der Waals surface area contributed by atoms with Crippen molar-refractivity contribution in [3.8, 4) is 0 Å². The fourth-order valence-corrected chi connectivity index (χ4v) is 3.38. The second-order valence-electron chi connectivity index (χ2n) is 4.34. The van der Waals surface area contributed by atoms with Gasteiger partial charge in [-0.1, -0.05) is 18.3 Å². The van der Waals surface area contributed by atoms with Crippen LogP contribution in [-0.4, -0.2) is 43.5 Å². The summed E-state index contributed by atoms with van der Waals surface area (Å²) in [6.45, 7) is 3.96. The Balaban J connectivity index is 2.26. The molecule has 0 amide bonds. The lowest BCUT2D eigenvalue weighted by atomic mass is 10.3. The summed E-state index contributed by atoms with van der Waals surface area (Å²) in [6, 6.07) is 1.55. The van der Waals surface area contributed by atoms with Gasteiger partial charge < -0.3 is 5.32 Å². The summed E-state index contributed by atoms with van der Waals surface area (Å²) in [4.78, 5) is 10.1. The Bertz CT molecular complexity index is 542. The van der Waals surface area contributed by atoms with Crippen molar-refractivity contribution in [2.75, 3.05) is 25.9 Å². The summed E-state index contributed by atoms with van der Waals surface area (Å²) in [6.07, 6.45) is 1.90. The predicted octanol–water partition coefficient (Wildman–Crippen LogP) is 1.42. The van der Waals surface area contributed by atoms with Gasteiger partial charge in [-0.2, -0.15) is 0 Å².